The van der Waals surface area contributed by atoms with Crippen LogP contribution >= 0.6 is 0 Å². The molecule has 0 aliphatic heterocycles. The second-order valence-corrected chi connectivity index (χ2v) is 6.83. The Bertz CT molecular complexity index is 1190. The molecule has 0 atom stereocenters. The van der Waals surface area contributed by atoms with Crippen molar-refractivity contribution in [2.24, 2.45) is 12.8 Å². The molecule has 4 aromatic heterocycles. The van der Waals surface area contributed by atoms with Gasteiger partial charge in [0.25, 0.3) is 5.91 Å². The number of rotatable bonds is 7. The summed E-state index contributed by atoms with van der Waals surface area (Å²) in [5.41, 5.74) is 8.89. The van der Waals surface area contributed by atoms with Crippen molar-refractivity contribution >= 4 is 16.8 Å². The van der Waals surface area contributed by atoms with Crippen LogP contribution < -0.4 is 5.73 Å². The Morgan fingerprint density at radius 1 is 1.28 bits per heavy atom. The van der Waals surface area contributed by atoms with E-state index in [-0.39, 0.29) is 5.69 Å². The average molecular weight is 394 g/mol. The number of imidazole rings is 1. The number of methoxy groups -OCH3 is 1. The normalized spacial score (nSPS) is 11.4. The van der Waals surface area contributed by atoms with Gasteiger partial charge in [0, 0.05) is 45.1 Å². The third kappa shape index (κ3) is 3.49. The lowest BCUT2D eigenvalue weighted by Crippen LogP contribution is -2.13. The molecule has 0 aromatic carbocycles. The highest BCUT2D eigenvalue weighted by molar-refractivity contribution is 5.94. The van der Waals surface area contributed by atoms with Gasteiger partial charge in [-0.3, -0.25) is 14.5 Å². The molecule has 0 unspecified atom stereocenters. The molecule has 2 N–H and O–H groups in total. The highest BCUT2D eigenvalue weighted by atomic mass is 16.5. The van der Waals surface area contributed by atoms with Crippen LogP contribution in [0.15, 0.2) is 30.7 Å². The number of fused-ring (bicyclic) bond motifs is 1. The third-order valence-corrected chi connectivity index (χ3v) is 4.63. The van der Waals surface area contributed by atoms with Crippen molar-refractivity contribution in [3.8, 4) is 17.3 Å². The van der Waals surface area contributed by atoms with Gasteiger partial charge in [0.05, 0.1) is 23.1 Å². The number of hydrogen-bond donors (Lipinski definition) is 1. The molecule has 4 aromatic rings. The summed E-state index contributed by atoms with van der Waals surface area (Å²) in [6, 6.07) is 3.63. The van der Waals surface area contributed by atoms with Gasteiger partial charge in [-0.2, -0.15) is 14.9 Å². The summed E-state index contributed by atoms with van der Waals surface area (Å²) in [6.07, 6.45) is 6.05. The van der Waals surface area contributed by atoms with Crippen LogP contribution in [0.4, 0.5) is 0 Å². The maximum absolute atomic E-state index is 11.5. The number of hydrogen-bond acceptors (Lipinski definition) is 6. The molecule has 0 fully saturated rings. The minimum atomic E-state index is -0.587. The lowest BCUT2D eigenvalue weighted by molar-refractivity contribution is 0.0995. The molecule has 1 amide bonds. The van der Waals surface area contributed by atoms with Crippen molar-refractivity contribution in [3.05, 3.63) is 42.1 Å². The first-order valence-corrected chi connectivity index (χ1v) is 9.19. The maximum atomic E-state index is 11.5. The van der Waals surface area contributed by atoms with Crippen LogP contribution in [0.1, 0.15) is 22.6 Å². The fourth-order valence-corrected chi connectivity index (χ4v) is 3.27. The summed E-state index contributed by atoms with van der Waals surface area (Å²) in [5.74, 6) is 0.0227. The summed E-state index contributed by atoms with van der Waals surface area (Å²) >= 11 is 0. The summed E-state index contributed by atoms with van der Waals surface area (Å²) in [6.45, 7) is 3.36. The number of aryl methyl sites for hydroxylation is 3. The summed E-state index contributed by atoms with van der Waals surface area (Å²) in [7, 11) is 3.59. The molecular weight excluding hydrogens is 372 g/mol. The molecule has 0 aliphatic rings. The zero-order valence-corrected chi connectivity index (χ0v) is 16.5. The van der Waals surface area contributed by atoms with Crippen molar-refractivity contribution in [2.75, 3.05) is 13.7 Å². The minimum absolute atomic E-state index is 0.181. The molecular formula is C19H22N8O2. The molecule has 10 nitrogen and oxygen atoms in total. The fraction of sp³-hybridized carbons (Fsp3) is 0.316. The van der Waals surface area contributed by atoms with Gasteiger partial charge in [0.15, 0.2) is 0 Å². The van der Waals surface area contributed by atoms with E-state index in [1.54, 1.807) is 30.3 Å². The fourth-order valence-electron chi connectivity index (χ4n) is 3.27. The Morgan fingerprint density at radius 2 is 2.10 bits per heavy atom. The number of aromatic nitrogens is 7. The zero-order chi connectivity index (χ0) is 20.5. The summed E-state index contributed by atoms with van der Waals surface area (Å²) in [4.78, 5) is 20.4. The number of primary amides is 1. The zero-order valence-electron chi connectivity index (χ0n) is 16.5. The van der Waals surface area contributed by atoms with Gasteiger partial charge in [-0.05, 0) is 25.5 Å². The maximum Gasteiger partial charge on any atom is 0.267 e. The Kier molecular flexibility index (Phi) is 4.85. The van der Waals surface area contributed by atoms with Crippen LogP contribution in [0.3, 0.4) is 0 Å². The van der Waals surface area contributed by atoms with Crippen molar-refractivity contribution in [1.82, 2.24) is 34.1 Å². The van der Waals surface area contributed by atoms with Crippen molar-refractivity contribution in [3.63, 3.8) is 0 Å². The van der Waals surface area contributed by atoms with Gasteiger partial charge < -0.3 is 15.0 Å². The Hall–Kier alpha value is -3.53. The van der Waals surface area contributed by atoms with Gasteiger partial charge in [-0.25, -0.2) is 4.98 Å². The van der Waals surface area contributed by atoms with E-state index >= 15 is 0 Å². The molecule has 4 rings (SSSR count). The van der Waals surface area contributed by atoms with Crippen LogP contribution in [-0.4, -0.2) is 53.7 Å². The lowest BCUT2D eigenvalue weighted by atomic mass is 10.3. The first-order chi connectivity index (χ1) is 14.0. The van der Waals surface area contributed by atoms with E-state index in [9.17, 15) is 4.79 Å². The molecule has 10 heteroatoms. The van der Waals surface area contributed by atoms with Crippen LogP contribution in [0.2, 0.25) is 0 Å². The van der Waals surface area contributed by atoms with E-state index < -0.39 is 5.91 Å². The molecule has 0 saturated carbocycles. The number of carbonyl (C=O) groups is 1. The van der Waals surface area contributed by atoms with Gasteiger partial charge in [-0.1, -0.05) is 0 Å². The summed E-state index contributed by atoms with van der Waals surface area (Å²) < 4.78 is 10.6. The number of nitrogens with two attached hydrogens (primary N) is 1. The van der Waals surface area contributed by atoms with E-state index in [1.165, 1.54) is 0 Å². The second-order valence-electron chi connectivity index (χ2n) is 6.83. The van der Waals surface area contributed by atoms with E-state index in [2.05, 4.69) is 15.2 Å². The van der Waals surface area contributed by atoms with E-state index in [1.807, 2.05) is 35.5 Å². The molecule has 0 radical (unpaired) electrons. The Morgan fingerprint density at radius 3 is 2.86 bits per heavy atom. The molecule has 0 bridgehead atoms. The van der Waals surface area contributed by atoms with E-state index in [0.717, 1.165) is 35.4 Å². The Balaban J connectivity index is 1.76. The number of carbonyl (C=O) groups excluding carboxylic acids is 1. The summed E-state index contributed by atoms with van der Waals surface area (Å²) in [5, 5.41) is 9.79. The highest BCUT2D eigenvalue weighted by Gasteiger charge is 2.17. The van der Waals surface area contributed by atoms with Crippen molar-refractivity contribution < 1.29 is 9.53 Å². The molecule has 29 heavy (non-hydrogen) atoms. The smallest absolute Gasteiger partial charge is 0.267 e. The lowest BCUT2D eigenvalue weighted by Gasteiger charge is -2.05. The van der Waals surface area contributed by atoms with E-state index in [0.29, 0.717) is 18.1 Å². The van der Waals surface area contributed by atoms with Crippen LogP contribution in [0, 0.1) is 6.92 Å². The Labute approximate surface area is 166 Å². The second kappa shape index (κ2) is 7.47. The molecule has 150 valence electrons. The van der Waals surface area contributed by atoms with Gasteiger partial charge in [0.1, 0.15) is 11.4 Å². The monoisotopic (exact) mass is 394 g/mol. The van der Waals surface area contributed by atoms with Crippen molar-refractivity contribution in [2.45, 2.75) is 19.9 Å². The van der Waals surface area contributed by atoms with Crippen molar-refractivity contribution in [1.29, 1.82) is 0 Å². The molecule has 4 heterocycles. The number of amides is 1. The van der Waals surface area contributed by atoms with Gasteiger partial charge >= 0.3 is 0 Å². The standard InChI is InChI=1S/C19H22N8O2/c1-12-7-17(26(24-12)5-4-6-29-3)15-11-25(2)19(23-15)27-16-8-14(18(20)28)21-9-13(16)10-22-27/h7-11H,4-6H2,1-3H3,(H2,20,28). The first kappa shape index (κ1) is 18.8. The van der Waals surface area contributed by atoms with Gasteiger partial charge in [0.2, 0.25) is 5.95 Å². The average Bonchev–Trinajstić information content (AvgIpc) is 3.37. The predicted molar refractivity (Wildman–Crippen MR) is 107 cm³/mol. The number of pyridine rings is 1. The van der Waals surface area contributed by atoms with Crippen LogP contribution in [-0.2, 0) is 18.3 Å². The quantitative estimate of drug-likeness (QED) is 0.474. The number of nitrogens with zero attached hydrogens (tertiary/aromatic N) is 7. The van der Waals surface area contributed by atoms with Gasteiger partial charge in [-0.15, -0.1) is 0 Å². The molecule has 0 spiro atoms. The van der Waals surface area contributed by atoms with E-state index in [4.69, 9.17) is 15.5 Å². The minimum Gasteiger partial charge on any atom is -0.385 e. The number of ether oxygens (including phenoxy) is 1. The van der Waals surface area contributed by atoms with Crippen LogP contribution in [0.25, 0.3) is 28.2 Å². The molecule has 0 aliphatic carbocycles. The highest BCUT2D eigenvalue weighted by Crippen LogP contribution is 2.24. The van der Waals surface area contributed by atoms with Crippen LogP contribution in [0.5, 0.6) is 0 Å². The topological polar surface area (TPSA) is 119 Å². The first-order valence-electron chi connectivity index (χ1n) is 9.19. The largest absolute Gasteiger partial charge is 0.385 e. The predicted octanol–water partition coefficient (Wildman–Crippen LogP) is 1.46. The third-order valence-electron chi connectivity index (χ3n) is 4.63. The SMILES string of the molecule is COCCCn1nc(C)cc1-c1cn(C)c(-n2ncc3cnc(C(N)=O)cc32)n1. The molecule has 0 saturated heterocycles.